The first-order valence-corrected chi connectivity index (χ1v) is 8.05. The number of ketones is 1. The van der Waals surface area contributed by atoms with E-state index in [4.69, 9.17) is 4.74 Å². The molecule has 0 saturated heterocycles. The fraction of sp³-hybridized carbons (Fsp3) is 0.562. The van der Waals surface area contributed by atoms with E-state index in [1.807, 2.05) is 30.0 Å². The van der Waals surface area contributed by atoms with Crippen LogP contribution in [-0.4, -0.2) is 18.1 Å². The monoisotopic (exact) mass is 278 g/mol. The van der Waals surface area contributed by atoms with Crippen LogP contribution in [0.4, 0.5) is 0 Å². The van der Waals surface area contributed by atoms with Crippen molar-refractivity contribution in [3.8, 4) is 5.75 Å². The summed E-state index contributed by atoms with van der Waals surface area (Å²) in [5.74, 6) is 1.95. The zero-order chi connectivity index (χ0) is 13.7. The van der Waals surface area contributed by atoms with Crippen LogP contribution in [0.1, 0.15) is 54.9 Å². The third-order valence-electron chi connectivity index (χ3n) is 3.71. The minimum absolute atomic E-state index is 0.117. The first kappa shape index (κ1) is 14.4. The third kappa shape index (κ3) is 4.00. The summed E-state index contributed by atoms with van der Waals surface area (Å²) >= 11 is 2.01. The van der Waals surface area contributed by atoms with Crippen molar-refractivity contribution in [2.75, 3.05) is 7.11 Å². The average Bonchev–Trinajstić information content (AvgIpc) is 2.45. The molecule has 0 heterocycles. The standard InChI is InChI=1S/C16H22O2S/c1-12(17)13-8-9-16(18-2)14(10-13)11-19-15-6-4-3-5-7-15/h8-10,15H,3-7,11H2,1-2H3. The lowest BCUT2D eigenvalue weighted by Gasteiger charge is -2.21. The van der Waals surface area contributed by atoms with E-state index in [1.165, 1.54) is 32.1 Å². The molecular formula is C16H22O2S. The van der Waals surface area contributed by atoms with Crippen LogP contribution in [0.3, 0.4) is 0 Å². The Morgan fingerprint density at radius 3 is 2.68 bits per heavy atom. The molecule has 0 amide bonds. The van der Waals surface area contributed by atoms with E-state index < -0.39 is 0 Å². The number of methoxy groups -OCH3 is 1. The maximum absolute atomic E-state index is 11.5. The maximum Gasteiger partial charge on any atom is 0.159 e. The number of hydrogen-bond acceptors (Lipinski definition) is 3. The van der Waals surface area contributed by atoms with Crippen LogP contribution < -0.4 is 4.74 Å². The summed E-state index contributed by atoms with van der Waals surface area (Å²) in [6.07, 6.45) is 6.78. The van der Waals surface area contributed by atoms with Gasteiger partial charge >= 0.3 is 0 Å². The molecule has 104 valence electrons. The fourth-order valence-electron chi connectivity index (χ4n) is 2.55. The fourth-order valence-corrected chi connectivity index (χ4v) is 3.86. The molecule has 0 aliphatic heterocycles. The highest BCUT2D eigenvalue weighted by atomic mass is 32.2. The summed E-state index contributed by atoms with van der Waals surface area (Å²) < 4.78 is 5.40. The minimum Gasteiger partial charge on any atom is -0.496 e. The number of carbonyl (C=O) groups excluding carboxylic acids is 1. The highest BCUT2D eigenvalue weighted by Crippen LogP contribution is 2.33. The van der Waals surface area contributed by atoms with Crippen LogP contribution in [0.5, 0.6) is 5.75 Å². The van der Waals surface area contributed by atoms with Crippen molar-refractivity contribution in [1.29, 1.82) is 0 Å². The predicted octanol–water partition coefficient (Wildman–Crippen LogP) is 4.46. The van der Waals surface area contributed by atoms with Gasteiger partial charge in [-0.1, -0.05) is 19.3 Å². The second-order valence-electron chi connectivity index (χ2n) is 5.15. The molecule has 2 nitrogen and oxygen atoms in total. The minimum atomic E-state index is 0.117. The van der Waals surface area contributed by atoms with Gasteiger partial charge in [-0.25, -0.2) is 0 Å². The maximum atomic E-state index is 11.5. The topological polar surface area (TPSA) is 26.3 Å². The van der Waals surface area contributed by atoms with Gasteiger partial charge < -0.3 is 4.74 Å². The van der Waals surface area contributed by atoms with Crippen molar-refractivity contribution in [1.82, 2.24) is 0 Å². The molecule has 1 saturated carbocycles. The molecule has 1 aliphatic rings. The summed E-state index contributed by atoms with van der Waals surface area (Å²) in [6.45, 7) is 1.61. The van der Waals surface area contributed by atoms with Gasteiger partial charge in [0, 0.05) is 22.1 Å². The average molecular weight is 278 g/mol. The van der Waals surface area contributed by atoms with E-state index in [9.17, 15) is 4.79 Å². The molecule has 1 aromatic carbocycles. The van der Waals surface area contributed by atoms with Crippen molar-refractivity contribution in [2.45, 2.75) is 50.0 Å². The summed E-state index contributed by atoms with van der Waals surface area (Å²) in [5, 5.41) is 0.777. The van der Waals surface area contributed by atoms with Crippen LogP contribution in [0.15, 0.2) is 18.2 Å². The molecule has 0 spiro atoms. The van der Waals surface area contributed by atoms with E-state index in [0.29, 0.717) is 0 Å². The molecule has 1 aliphatic carbocycles. The third-order valence-corrected chi connectivity index (χ3v) is 5.13. The zero-order valence-corrected chi connectivity index (χ0v) is 12.6. The van der Waals surface area contributed by atoms with E-state index in [1.54, 1.807) is 14.0 Å². The molecule has 19 heavy (non-hydrogen) atoms. The highest BCUT2D eigenvalue weighted by Gasteiger charge is 2.15. The molecule has 0 unspecified atom stereocenters. The van der Waals surface area contributed by atoms with Crippen LogP contribution in [0.25, 0.3) is 0 Å². The van der Waals surface area contributed by atoms with Gasteiger partial charge in [0.25, 0.3) is 0 Å². The van der Waals surface area contributed by atoms with E-state index in [0.717, 1.165) is 27.9 Å². The second kappa shape index (κ2) is 6.99. The molecule has 1 aromatic rings. The molecule has 0 aromatic heterocycles. The van der Waals surface area contributed by atoms with Gasteiger partial charge in [0.15, 0.2) is 5.78 Å². The summed E-state index contributed by atoms with van der Waals surface area (Å²) in [6, 6.07) is 5.74. The first-order valence-electron chi connectivity index (χ1n) is 7.00. The lowest BCUT2D eigenvalue weighted by Crippen LogP contribution is -2.08. The van der Waals surface area contributed by atoms with Crippen LogP contribution in [0.2, 0.25) is 0 Å². The number of thioether (sulfide) groups is 1. The van der Waals surface area contributed by atoms with Gasteiger partial charge in [0.05, 0.1) is 7.11 Å². The van der Waals surface area contributed by atoms with Crippen LogP contribution >= 0.6 is 11.8 Å². The lowest BCUT2D eigenvalue weighted by molar-refractivity contribution is 0.101. The number of carbonyl (C=O) groups is 1. The molecule has 0 bridgehead atoms. The Morgan fingerprint density at radius 2 is 2.05 bits per heavy atom. The Balaban J connectivity index is 2.04. The Kier molecular flexibility index (Phi) is 5.32. The van der Waals surface area contributed by atoms with Crippen LogP contribution in [0, 0.1) is 0 Å². The number of Topliss-reactive ketones (excluding diaryl/α,β-unsaturated/α-hetero) is 1. The molecule has 2 rings (SSSR count). The van der Waals surface area contributed by atoms with Crippen molar-refractivity contribution in [3.05, 3.63) is 29.3 Å². The SMILES string of the molecule is COc1ccc(C(C)=O)cc1CSC1CCCCC1. The molecule has 0 radical (unpaired) electrons. The van der Waals surface area contributed by atoms with Crippen molar-refractivity contribution < 1.29 is 9.53 Å². The Bertz CT molecular complexity index is 436. The highest BCUT2D eigenvalue weighted by molar-refractivity contribution is 7.99. The zero-order valence-electron chi connectivity index (χ0n) is 11.8. The van der Waals surface area contributed by atoms with Gasteiger partial charge in [0.1, 0.15) is 5.75 Å². The molecule has 1 fully saturated rings. The number of benzene rings is 1. The van der Waals surface area contributed by atoms with E-state index >= 15 is 0 Å². The van der Waals surface area contributed by atoms with Gasteiger partial charge in [-0.2, -0.15) is 11.8 Å². The quantitative estimate of drug-likeness (QED) is 0.744. The Morgan fingerprint density at radius 1 is 1.32 bits per heavy atom. The van der Waals surface area contributed by atoms with Gasteiger partial charge in [0.2, 0.25) is 0 Å². The van der Waals surface area contributed by atoms with E-state index in [2.05, 4.69) is 0 Å². The van der Waals surface area contributed by atoms with Gasteiger partial charge in [-0.3, -0.25) is 4.79 Å². The molecule has 0 atom stereocenters. The van der Waals surface area contributed by atoms with E-state index in [-0.39, 0.29) is 5.78 Å². The predicted molar refractivity (Wildman–Crippen MR) is 81.2 cm³/mol. The molecule has 0 N–H and O–H groups in total. The number of ether oxygens (including phenoxy) is 1. The van der Waals surface area contributed by atoms with Crippen molar-refractivity contribution >= 4 is 17.5 Å². The molecular weight excluding hydrogens is 256 g/mol. The first-order chi connectivity index (χ1) is 9.20. The Labute approximate surface area is 119 Å². The van der Waals surface area contributed by atoms with Gasteiger partial charge in [-0.05, 0) is 38.0 Å². The smallest absolute Gasteiger partial charge is 0.159 e. The summed E-state index contributed by atoms with van der Waals surface area (Å²) in [7, 11) is 1.69. The normalized spacial score (nSPS) is 16.3. The van der Waals surface area contributed by atoms with Crippen LogP contribution in [-0.2, 0) is 5.75 Å². The second-order valence-corrected chi connectivity index (χ2v) is 6.44. The summed E-state index contributed by atoms with van der Waals surface area (Å²) in [4.78, 5) is 11.5. The van der Waals surface area contributed by atoms with Crippen molar-refractivity contribution in [2.24, 2.45) is 0 Å². The Hall–Kier alpha value is -0.960. The van der Waals surface area contributed by atoms with Gasteiger partial charge in [-0.15, -0.1) is 0 Å². The number of rotatable bonds is 5. The lowest BCUT2D eigenvalue weighted by atomic mass is 10.0. The summed E-state index contributed by atoms with van der Waals surface area (Å²) in [5.41, 5.74) is 1.92. The number of hydrogen-bond donors (Lipinski definition) is 0. The van der Waals surface area contributed by atoms with Crippen molar-refractivity contribution in [3.63, 3.8) is 0 Å². The largest absolute Gasteiger partial charge is 0.496 e. The molecule has 3 heteroatoms.